The van der Waals surface area contributed by atoms with Crippen molar-refractivity contribution in [1.82, 2.24) is 0 Å². The zero-order chi connectivity index (χ0) is 10.7. The van der Waals surface area contributed by atoms with Gasteiger partial charge in [-0.05, 0) is 23.8 Å². The van der Waals surface area contributed by atoms with E-state index >= 15 is 0 Å². The minimum absolute atomic E-state index is 0.630. The van der Waals surface area contributed by atoms with Gasteiger partial charge in [-0.3, -0.25) is 0 Å². The standard InChI is InChI=1S/C12H10ClNO/c13-12-4-2-1-3-11(12)9-5-7-10(15-14)8-6-9/h1-8H,14H2. The second-order valence-corrected chi connectivity index (χ2v) is 3.53. The van der Waals surface area contributed by atoms with Gasteiger partial charge in [-0.25, -0.2) is 0 Å². The monoisotopic (exact) mass is 219 g/mol. The molecule has 76 valence electrons. The first-order valence-corrected chi connectivity index (χ1v) is 4.91. The lowest BCUT2D eigenvalue weighted by Crippen LogP contribution is -2.01. The number of rotatable bonds is 2. The van der Waals surface area contributed by atoms with Crippen molar-refractivity contribution in [2.24, 2.45) is 5.90 Å². The molecule has 2 rings (SSSR count). The predicted octanol–water partition coefficient (Wildman–Crippen LogP) is 3.26. The third kappa shape index (κ3) is 2.12. The van der Waals surface area contributed by atoms with Gasteiger partial charge in [-0.1, -0.05) is 41.9 Å². The Morgan fingerprint density at radius 3 is 2.20 bits per heavy atom. The maximum absolute atomic E-state index is 6.08. The molecule has 2 nitrogen and oxygen atoms in total. The third-order valence-corrected chi connectivity index (χ3v) is 2.50. The molecule has 0 spiro atoms. The highest BCUT2D eigenvalue weighted by molar-refractivity contribution is 6.33. The lowest BCUT2D eigenvalue weighted by atomic mass is 10.1. The van der Waals surface area contributed by atoms with E-state index in [0.717, 1.165) is 16.1 Å². The van der Waals surface area contributed by atoms with E-state index < -0.39 is 0 Å². The van der Waals surface area contributed by atoms with Crippen molar-refractivity contribution < 1.29 is 4.84 Å². The fourth-order valence-electron chi connectivity index (χ4n) is 1.41. The Bertz CT molecular complexity index is 453. The second kappa shape index (κ2) is 4.34. The maximum Gasteiger partial charge on any atom is 0.146 e. The van der Waals surface area contributed by atoms with Gasteiger partial charge in [0.2, 0.25) is 0 Å². The van der Waals surface area contributed by atoms with Crippen LogP contribution in [0.1, 0.15) is 0 Å². The van der Waals surface area contributed by atoms with Crippen LogP contribution in [0.3, 0.4) is 0 Å². The summed E-state index contributed by atoms with van der Waals surface area (Å²) in [6, 6.07) is 15.1. The Hall–Kier alpha value is -1.51. The topological polar surface area (TPSA) is 35.2 Å². The molecule has 0 amide bonds. The molecule has 0 heterocycles. The lowest BCUT2D eigenvalue weighted by Gasteiger charge is -2.04. The molecule has 2 aromatic rings. The Morgan fingerprint density at radius 2 is 1.60 bits per heavy atom. The molecular weight excluding hydrogens is 210 g/mol. The number of benzene rings is 2. The van der Waals surface area contributed by atoms with Crippen LogP contribution in [0.25, 0.3) is 11.1 Å². The smallest absolute Gasteiger partial charge is 0.146 e. The van der Waals surface area contributed by atoms with E-state index in [4.69, 9.17) is 17.5 Å². The van der Waals surface area contributed by atoms with E-state index in [1.54, 1.807) is 12.1 Å². The van der Waals surface area contributed by atoms with Crippen LogP contribution in [0, 0.1) is 0 Å². The molecule has 2 aromatic carbocycles. The second-order valence-electron chi connectivity index (χ2n) is 3.12. The molecule has 0 atom stereocenters. The van der Waals surface area contributed by atoms with Crippen molar-refractivity contribution in [2.45, 2.75) is 0 Å². The molecule has 0 radical (unpaired) electrons. The summed E-state index contributed by atoms with van der Waals surface area (Å²) in [5.41, 5.74) is 2.05. The molecule has 0 aliphatic heterocycles. The largest absolute Gasteiger partial charge is 0.412 e. The van der Waals surface area contributed by atoms with Gasteiger partial charge in [0.05, 0.1) is 0 Å². The highest BCUT2D eigenvalue weighted by Crippen LogP contribution is 2.28. The Balaban J connectivity index is 2.42. The van der Waals surface area contributed by atoms with Gasteiger partial charge in [-0.15, -0.1) is 0 Å². The number of hydrogen-bond donors (Lipinski definition) is 1. The van der Waals surface area contributed by atoms with Gasteiger partial charge in [0.1, 0.15) is 5.75 Å². The van der Waals surface area contributed by atoms with Crippen molar-refractivity contribution in [2.75, 3.05) is 0 Å². The van der Waals surface area contributed by atoms with Gasteiger partial charge in [-0.2, -0.15) is 5.90 Å². The summed E-state index contributed by atoms with van der Waals surface area (Å²) in [6.45, 7) is 0. The minimum Gasteiger partial charge on any atom is -0.412 e. The predicted molar refractivity (Wildman–Crippen MR) is 61.7 cm³/mol. The highest BCUT2D eigenvalue weighted by atomic mass is 35.5. The van der Waals surface area contributed by atoms with Crippen LogP contribution in [0.4, 0.5) is 0 Å². The molecule has 15 heavy (non-hydrogen) atoms. The van der Waals surface area contributed by atoms with Crippen LogP contribution in [0.15, 0.2) is 48.5 Å². The van der Waals surface area contributed by atoms with Crippen molar-refractivity contribution in [3.63, 3.8) is 0 Å². The average molecular weight is 220 g/mol. The van der Waals surface area contributed by atoms with E-state index in [-0.39, 0.29) is 0 Å². The van der Waals surface area contributed by atoms with Gasteiger partial charge in [0.25, 0.3) is 0 Å². The van der Waals surface area contributed by atoms with Gasteiger partial charge < -0.3 is 4.84 Å². The van der Waals surface area contributed by atoms with Crippen LogP contribution in [0.2, 0.25) is 5.02 Å². The zero-order valence-electron chi connectivity index (χ0n) is 7.98. The molecule has 3 heteroatoms. The summed E-state index contributed by atoms with van der Waals surface area (Å²) in [6.07, 6.45) is 0. The van der Waals surface area contributed by atoms with Crippen LogP contribution in [-0.4, -0.2) is 0 Å². The van der Waals surface area contributed by atoms with Crippen LogP contribution in [0.5, 0.6) is 5.75 Å². The maximum atomic E-state index is 6.08. The number of nitrogens with two attached hydrogens (primary N) is 1. The normalized spacial score (nSPS) is 10.0. The van der Waals surface area contributed by atoms with Crippen molar-refractivity contribution in [1.29, 1.82) is 0 Å². The molecule has 0 aliphatic carbocycles. The molecule has 2 N–H and O–H groups in total. The van der Waals surface area contributed by atoms with Crippen LogP contribution in [-0.2, 0) is 0 Å². The summed E-state index contributed by atoms with van der Waals surface area (Å²) >= 11 is 6.08. The van der Waals surface area contributed by atoms with E-state index in [1.165, 1.54) is 0 Å². The van der Waals surface area contributed by atoms with Crippen LogP contribution < -0.4 is 10.7 Å². The van der Waals surface area contributed by atoms with Gasteiger partial charge >= 0.3 is 0 Å². The first-order valence-electron chi connectivity index (χ1n) is 4.53. The molecule has 0 aromatic heterocycles. The summed E-state index contributed by atoms with van der Waals surface area (Å²) < 4.78 is 0. The fraction of sp³-hybridized carbons (Fsp3) is 0. The quantitative estimate of drug-likeness (QED) is 0.787. The Kier molecular flexibility index (Phi) is 2.90. The SMILES string of the molecule is NOc1ccc(-c2ccccc2Cl)cc1. The summed E-state index contributed by atoms with van der Waals surface area (Å²) in [4.78, 5) is 4.60. The highest BCUT2D eigenvalue weighted by Gasteiger charge is 2.01. The lowest BCUT2D eigenvalue weighted by molar-refractivity contribution is 0.334. The first-order chi connectivity index (χ1) is 7.31. The number of hydrogen-bond acceptors (Lipinski definition) is 2. The van der Waals surface area contributed by atoms with E-state index in [1.807, 2.05) is 36.4 Å². The van der Waals surface area contributed by atoms with Gasteiger partial charge in [0, 0.05) is 10.6 Å². The van der Waals surface area contributed by atoms with E-state index in [2.05, 4.69) is 4.84 Å². The minimum atomic E-state index is 0.630. The summed E-state index contributed by atoms with van der Waals surface area (Å²) in [7, 11) is 0. The molecule has 0 bridgehead atoms. The fourth-order valence-corrected chi connectivity index (χ4v) is 1.65. The molecular formula is C12H10ClNO. The van der Waals surface area contributed by atoms with E-state index in [9.17, 15) is 0 Å². The third-order valence-electron chi connectivity index (χ3n) is 2.18. The summed E-state index contributed by atoms with van der Waals surface area (Å²) in [5.74, 6) is 5.67. The van der Waals surface area contributed by atoms with Crippen molar-refractivity contribution in [3.05, 3.63) is 53.6 Å². The van der Waals surface area contributed by atoms with E-state index in [0.29, 0.717) is 5.75 Å². The van der Waals surface area contributed by atoms with Gasteiger partial charge in [0.15, 0.2) is 0 Å². The molecule has 0 aliphatic rings. The van der Waals surface area contributed by atoms with Crippen molar-refractivity contribution in [3.8, 4) is 16.9 Å². The number of halogens is 1. The molecule has 0 saturated carbocycles. The average Bonchev–Trinajstić information content (AvgIpc) is 2.30. The first kappa shape index (κ1) is 10.0. The Labute approximate surface area is 93.2 Å². The molecule has 0 fully saturated rings. The van der Waals surface area contributed by atoms with Crippen molar-refractivity contribution >= 4 is 11.6 Å². The van der Waals surface area contributed by atoms with Crippen LogP contribution >= 0.6 is 11.6 Å². The molecule has 0 saturated heterocycles. The summed E-state index contributed by atoms with van der Waals surface area (Å²) in [5, 5.41) is 0.735. The molecule has 0 unspecified atom stereocenters. The Morgan fingerprint density at radius 1 is 0.933 bits per heavy atom. The zero-order valence-corrected chi connectivity index (χ0v) is 8.74.